The van der Waals surface area contributed by atoms with Crippen LogP contribution in [0.3, 0.4) is 0 Å². The maximum atomic E-state index is 14.0. The van der Waals surface area contributed by atoms with E-state index < -0.39 is 17.5 Å². The van der Waals surface area contributed by atoms with Crippen LogP contribution in [0.15, 0.2) is 48.9 Å². The molecular formula is C28H31FN8O2S. The number of pyridine rings is 1. The SMILES string of the molecule is CC(CN(CCc1nc2c(NCc3ncccc3F)ncnc2s1)C(=O)OC(C)(C)C)c1nc2ccccc2[nH]1. The van der Waals surface area contributed by atoms with Crippen LogP contribution in [0.2, 0.25) is 0 Å². The van der Waals surface area contributed by atoms with Gasteiger partial charge in [0.2, 0.25) is 0 Å². The minimum absolute atomic E-state index is 0.0519. The number of nitrogens with zero attached hydrogens (tertiary/aromatic N) is 6. The number of rotatable bonds is 9. The average Bonchev–Trinajstić information content (AvgIpc) is 3.54. The number of thiazole rings is 1. The first-order chi connectivity index (χ1) is 19.2. The normalized spacial score (nSPS) is 12.5. The highest BCUT2D eigenvalue weighted by atomic mass is 32.1. The Morgan fingerprint density at radius 3 is 2.75 bits per heavy atom. The van der Waals surface area contributed by atoms with Crippen molar-refractivity contribution in [1.29, 1.82) is 0 Å². The second-order valence-corrected chi connectivity index (χ2v) is 11.5. The minimum atomic E-state index is -0.628. The fraction of sp³-hybridized carbons (Fsp3) is 0.357. The number of halogens is 1. The molecule has 0 saturated heterocycles. The molecule has 1 unspecified atom stereocenters. The Hall–Kier alpha value is -4.19. The molecule has 0 spiro atoms. The van der Waals surface area contributed by atoms with Crippen LogP contribution in [0, 0.1) is 5.82 Å². The summed E-state index contributed by atoms with van der Waals surface area (Å²) in [5.74, 6) is 0.868. The molecule has 0 aliphatic heterocycles. The van der Waals surface area contributed by atoms with Crippen molar-refractivity contribution in [3.63, 3.8) is 0 Å². The van der Waals surface area contributed by atoms with E-state index in [-0.39, 0.29) is 18.2 Å². The summed E-state index contributed by atoms with van der Waals surface area (Å²) in [4.78, 5) is 41.1. The lowest BCUT2D eigenvalue weighted by Crippen LogP contribution is -2.40. The molecule has 2 N–H and O–H groups in total. The summed E-state index contributed by atoms with van der Waals surface area (Å²) in [5, 5.41) is 3.92. The van der Waals surface area contributed by atoms with Gasteiger partial charge < -0.3 is 19.9 Å². The minimum Gasteiger partial charge on any atom is -0.444 e. The van der Waals surface area contributed by atoms with E-state index in [2.05, 4.69) is 25.3 Å². The Labute approximate surface area is 235 Å². The molecule has 4 heterocycles. The maximum Gasteiger partial charge on any atom is 0.410 e. The molecule has 10 nitrogen and oxygen atoms in total. The fourth-order valence-electron chi connectivity index (χ4n) is 4.19. The summed E-state index contributed by atoms with van der Waals surface area (Å²) in [6, 6.07) is 10.8. The van der Waals surface area contributed by atoms with Crippen molar-refractivity contribution < 1.29 is 13.9 Å². The Kier molecular flexibility index (Phi) is 7.88. The van der Waals surface area contributed by atoms with Gasteiger partial charge in [-0.05, 0) is 45.0 Å². The molecular weight excluding hydrogens is 531 g/mol. The summed E-state index contributed by atoms with van der Waals surface area (Å²) >= 11 is 1.43. The quantitative estimate of drug-likeness (QED) is 0.235. The van der Waals surface area contributed by atoms with Crippen LogP contribution in [-0.4, -0.2) is 59.6 Å². The van der Waals surface area contributed by atoms with Gasteiger partial charge >= 0.3 is 6.09 Å². The molecule has 0 aliphatic carbocycles. The molecule has 0 aliphatic rings. The Balaban J connectivity index is 1.31. The van der Waals surface area contributed by atoms with Crippen molar-refractivity contribution in [2.24, 2.45) is 0 Å². The summed E-state index contributed by atoms with van der Waals surface area (Å²) < 4.78 is 19.7. The van der Waals surface area contributed by atoms with E-state index in [4.69, 9.17) is 14.7 Å². The van der Waals surface area contributed by atoms with E-state index in [0.29, 0.717) is 35.7 Å². The number of hydrogen-bond acceptors (Lipinski definition) is 9. The Bertz CT molecular complexity index is 1600. The zero-order chi connectivity index (χ0) is 28.3. The molecule has 12 heteroatoms. The van der Waals surface area contributed by atoms with Crippen molar-refractivity contribution in [3.8, 4) is 0 Å². The third-order valence-corrected chi connectivity index (χ3v) is 7.14. The molecule has 1 aromatic carbocycles. The van der Waals surface area contributed by atoms with Gasteiger partial charge in [-0.3, -0.25) is 4.98 Å². The number of nitrogens with one attached hydrogen (secondary N) is 2. The smallest absolute Gasteiger partial charge is 0.410 e. The number of carbonyl (C=O) groups excluding carboxylic acids is 1. The zero-order valence-corrected chi connectivity index (χ0v) is 23.6. The number of H-pyrrole nitrogens is 1. The number of amides is 1. The fourth-order valence-corrected chi connectivity index (χ4v) is 5.08. The zero-order valence-electron chi connectivity index (χ0n) is 22.8. The maximum absolute atomic E-state index is 14.0. The van der Waals surface area contributed by atoms with Crippen molar-refractivity contribution in [1.82, 2.24) is 34.8 Å². The van der Waals surface area contributed by atoms with Crippen molar-refractivity contribution in [3.05, 3.63) is 71.3 Å². The number of anilines is 1. The highest BCUT2D eigenvalue weighted by molar-refractivity contribution is 7.18. The van der Waals surface area contributed by atoms with Crippen molar-refractivity contribution >= 4 is 44.6 Å². The van der Waals surface area contributed by atoms with Gasteiger partial charge in [-0.25, -0.2) is 29.1 Å². The van der Waals surface area contributed by atoms with Crippen LogP contribution in [0.5, 0.6) is 0 Å². The topological polar surface area (TPSA) is 122 Å². The van der Waals surface area contributed by atoms with Gasteiger partial charge in [-0.15, -0.1) is 0 Å². The van der Waals surface area contributed by atoms with Crippen LogP contribution < -0.4 is 5.32 Å². The predicted octanol–water partition coefficient (Wildman–Crippen LogP) is 5.69. The number of fused-ring (bicyclic) bond motifs is 2. The van der Waals surface area contributed by atoms with Crippen LogP contribution in [0.25, 0.3) is 21.4 Å². The highest BCUT2D eigenvalue weighted by Crippen LogP contribution is 2.26. The van der Waals surface area contributed by atoms with Gasteiger partial charge in [0.25, 0.3) is 0 Å². The first-order valence-corrected chi connectivity index (χ1v) is 13.8. The van der Waals surface area contributed by atoms with Crippen LogP contribution in [0.1, 0.15) is 50.1 Å². The molecule has 0 fully saturated rings. The van der Waals surface area contributed by atoms with E-state index >= 15 is 0 Å². The summed E-state index contributed by atoms with van der Waals surface area (Å²) in [5.41, 5.74) is 2.10. The molecule has 5 rings (SSSR count). The number of ether oxygens (including phenoxy) is 1. The van der Waals surface area contributed by atoms with Gasteiger partial charge in [0.15, 0.2) is 5.82 Å². The number of benzene rings is 1. The number of imidazole rings is 1. The molecule has 0 bridgehead atoms. The summed E-state index contributed by atoms with van der Waals surface area (Å²) in [6.45, 7) is 8.56. The molecule has 5 aromatic rings. The van der Waals surface area contributed by atoms with Crippen LogP contribution in [-0.2, 0) is 17.7 Å². The lowest BCUT2D eigenvalue weighted by molar-refractivity contribution is 0.0242. The van der Waals surface area contributed by atoms with Crippen molar-refractivity contribution in [2.45, 2.75) is 52.2 Å². The molecule has 0 radical (unpaired) electrons. The van der Waals surface area contributed by atoms with Gasteiger partial charge in [0.05, 0.1) is 28.3 Å². The molecule has 1 amide bonds. The standard InChI is InChI=1S/C28H31FN8O2S/c1-17(24-34-19-9-5-6-10-20(19)35-24)15-37(27(38)39-28(2,3)4)13-11-22-36-23-25(32-16-33-26(23)40-22)31-14-21-18(29)8-7-12-30-21/h5-10,12,16-17H,11,13-15H2,1-4H3,(H,34,35)(H,31,32,33). The number of aromatic nitrogens is 6. The number of carbonyl (C=O) groups is 1. The van der Waals surface area contributed by atoms with Gasteiger partial charge in [0, 0.05) is 31.6 Å². The molecule has 208 valence electrons. The molecule has 1 atom stereocenters. The molecule has 4 aromatic heterocycles. The summed E-state index contributed by atoms with van der Waals surface area (Å²) in [6.07, 6.45) is 3.10. The third-order valence-electron chi connectivity index (χ3n) is 6.11. The van der Waals surface area contributed by atoms with Crippen LogP contribution in [0.4, 0.5) is 15.0 Å². The van der Waals surface area contributed by atoms with Gasteiger partial charge in [-0.2, -0.15) is 0 Å². The van der Waals surface area contributed by atoms with E-state index in [1.165, 1.54) is 23.7 Å². The first kappa shape index (κ1) is 27.4. The second kappa shape index (κ2) is 11.5. The van der Waals surface area contributed by atoms with E-state index in [9.17, 15) is 9.18 Å². The lowest BCUT2D eigenvalue weighted by atomic mass is 10.1. The molecule has 40 heavy (non-hydrogen) atoms. The van der Waals surface area contributed by atoms with E-state index in [1.807, 2.05) is 52.0 Å². The van der Waals surface area contributed by atoms with Crippen molar-refractivity contribution in [2.75, 3.05) is 18.4 Å². The lowest BCUT2D eigenvalue weighted by Gasteiger charge is -2.28. The first-order valence-electron chi connectivity index (χ1n) is 13.0. The Morgan fingerprint density at radius 1 is 1.15 bits per heavy atom. The third kappa shape index (κ3) is 6.50. The number of hydrogen-bond donors (Lipinski definition) is 2. The predicted molar refractivity (Wildman–Crippen MR) is 153 cm³/mol. The van der Waals surface area contributed by atoms with E-state index in [1.54, 1.807) is 17.2 Å². The van der Waals surface area contributed by atoms with Gasteiger partial charge in [0.1, 0.15) is 33.9 Å². The largest absolute Gasteiger partial charge is 0.444 e. The second-order valence-electron chi connectivity index (χ2n) is 10.5. The summed E-state index contributed by atoms with van der Waals surface area (Å²) in [7, 11) is 0. The number of aromatic amines is 1. The monoisotopic (exact) mass is 562 g/mol. The molecule has 0 saturated carbocycles. The average molecular weight is 563 g/mol. The van der Waals surface area contributed by atoms with Gasteiger partial charge in [-0.1, -0.05) is 30.4 Å². The van der Waals surface area contributed by atoms with E-state index in [0.717, 1.165) is 21.9 Å². The Morgan fingerprint density at radius 2 is 1.98 bits per heavy atom. The highest BCUT2D eigenvalue weighted by Gasteiger charge is 2.25. The van der Waals surface area contributed by atoms with Crippen LogP contribution >= 0.6 is 11.3 Å². The number of para-hydroxylation sites is 2.